The van der Waals surface area contributed by atoms with E-state index < -0.39 is 0 Å². The molecule has 0 bridgehead atoms. The lowest BCUT2D eigenvalue weighted by molar-refractivity contribution is 0.591. The van der Waals surface area contributed by atoms with Crippen molar-refractivity contribution in [3.8, 4) is 0 Å². The van der Waals surface area contributed by atoms with Gasteiger partial charge in [0.15, 0.2) is 5.16 Å². The van der Waals surface area contributed by atoms with Gasteiger partial charge in [0, 0.05) is 17.3 Å². The number of nitrogens with two attached hydrogens (primary N) is 1. The summed E-state index contributed by atoms with van der Waals surface area (Å²) < 4.78 is 15.7. The fourth-order valence-corrected chi connectivity index (χ4v) is 2.93. The van der Waals surface area contributed by atoms with E-state index in [1.54, 1.807) is 12.1 Å². The molecule has 0 atom stereocenters. The summed E-state index contributed by atoms with van der Waals surface area (Å²) in [5.41, 5.74) is 6.23. The molecule has 0 amide bonds. The molecule has 0 radical (unpaired) electrons. The Balaban J connectivity index is 2.12. The molecule has 20 heavy (non-hydrogen) atoms. The highest BCUT2D eigenvalue weighted by Gasteiger charge is 2.12. The lowest BCUT2D eigenvalue weighted by atomic mass is 10.2. The van der Waals surface area contributed by atoms with Gasteiger partial charge in [-0.15, -0.1) is 10.2 Å². The van der Waals surface area contributed by atoms with E-state index in [9.17, 15) is 4.39 Å². The predicted molar refractivity (Wildman–Crippen MR) is 79.2 cm³/mol. The first kappa shape index (κ1) is 15.3. The van der Waals surface area contributed by atoms with Gasteiger partial charge < -0.3 is 10.3 Å². The maximum atomic E-state index is 13.7. The van der Waals surface area contributed by atoms with Crippen LogP contribution in [0.1, 0.15) is 24.7 Å². The monoisotopic (exact) mass is 314 g/mol. The van der Waals surface area contributed by atoms with Gasteiger partial charge in [0.2, 0.25) is 0 Å². The van der Waals surface area contributed by atoms with Crippen LogP contribution in [0.15, 0.2) is 23.4 Å². The number of nitrogens with zero attached hydrogens (tertiary/aromatic N) is 3. The Morgan fingerprint density at radius 3 is 2.85 bits per heavy atom. The van der Waals surface area contributed by atoms with Crippen molar-refractivity contribution in [2.45, 2.75) is 37.3 Å². The van der Waals surface area contributed by atoms with Crippen LogP contribution in [0.25, 0.3) is 0 Å². The number of benzene rings is 1. The van der Waals surface area contributed by atoms with Gasteiger partial charge in [-0.1, -0.05) is 36.4 Å². The van der Waals surface area contributed by atoms with Crippen LogP contribution in [-0.4, -0.2) is 14.8 Å². The molecule has 0 aliphatic carbocycles. The van der Waals surface area contributed by atoms with E-state index in [1.165, 1.54) is 17.8 Å². The van der Waals surface area contributed by atoms with Gasteiger partial charge in [0.05, 0.1) is 6.54 Å². The van der Waals surface area contributed by atoms with Gasteiger partial charge in [-0.3, -0.25) is 0 Å². The zero-order chi connectivity index (χ0) is 14.5. The van der Waals surface area contributed by atoms with E-state index >= 15 is 0 Å². The molecule has 0 aliphatic rings. The van der Waals surface area contributed by atoms with E-state index in [1.807, 2.05) is 4.57 Å². The molecular formula is C13H16ClFN4S. The topological polar surface area (TPSA) is 56.7 Å². The van der Waals surface area contributed by atoms with Crippen molar-refractivity contribution in [1.82, 2.24) is 14.8 Å². The highest BCUT2D eigenvalue weighted by Crippen LogP contribution is 2.25. The normalized spacial score (nSPS) is 11.0. The largest absolute Gasteiger partial charge is 0.324 e. The summed E-state index contributed by atoms with van der Waals surface area (Å²) in [6.07, 6.45) is 0.966. The molecule has 7 heteroatoms. The second kappa shape index (κ2) is 7.06. The van der Waals surface area contributed by atoms with Crippen molar-refractivity contribution in [1.29, 1.82) is 0 Å². The quantitative estimate of drug-likeness (QED) is 0.832. The molecule has 0 saturated heterocycles. The summed E-state index contributed by atoms with van der Waals surface area (Å²) in [7, 11) is 0. The lowest BCUT2D eigenvalue weighted by Gasteiger charge is -2.08. The van der Waals surface area contributed by atoms with E-state index in [0.29, 0.717) is 22.9 Å². The maximum Gasteiger partial charge on any atom is 0.191 e. The highest BCUT2D eigenvalue weighted by molar-refractivity contribution is 7.98. The second-order valence-corrected chi connectivity index (χ2v) is 5.66. The molecule has 0 aliphatic heterocycles. The molecule has 1 aromatic carbocycles. The van der Waals surface area contributed by atoms with Crippen molar-refractivity contribution >= 4 is 23.4 Å². The summed E-state index contributed by atoms with van der Waals surface area (Å²) in [6.45, 7) is 3.24. The molecule has 108 valence electrons. The highest BCUT2D eigenvalue weighted by atomic mass is 35.5. The van der Waals surface area contributed by atoms with E-state index in [-0.39, 0.29) is 5.82 Å². The van der Waals surface area contributed by atoms with E-state index in [0.717, 1.165) is 23.9 Å². The molecule has 4 nitrogen and oxygen atoms in total. The van der Waals surface area contributed by atoms with Crippen molar-refractivity contribution < 1.29 is 4.39 Å². The second-order valence-electron chi connectivity index (χ2n) is 4.28. The molecule has 0 spiro atoms. The van der Waals surface area contributed by atoms with Crippen LogP contribution in [0.2, 0.25) is 5.02 Å². The van der Waals surface area contributed by atoms with Gasteiger partial charge in [-0.2, -0.15) is 0 Å². The molecule has 2 aromatic rings. The van der Waals surface area contributed by atoms with Gasteiger partial charge in [-0.25, -0.2) is 4.39 Å². The van der Waals surface area contributed by atoms with Crippen LogP contribution in [0.3, 0.4) is 0 Å². The minimum Gasteiger partial charge on any atom is -0.324 e. The zero-order valence-corrected chi connectivity index (χ0v) is 12.7. The average molecular weight is 315 g/mol. The van der Waals surface area contributed by atoms with Crippen molar-refractivity contribution in [3.05, 3.63) is 40.4 Å². The van der Waals surface area contributed by atoms with Gasteiger partial charge in [0.25, 0.3) is 0 Å². The van der Waals surface area contributed by atoms with Gasteiger partial charge in [-0.05, 0) is 24.1 Å². The Morgan fingerprint density at radius 1 is 1.40 bits per heavy atom. The first-order chi connectivity index (χ1) is 9.65. The number of aromatic nitrogens is 3. The van der Waals surface area contributed by atoms with E-state index in [2.05, 4.69) is 17.1 Å². The standard InChI is InChI=1S/C13H16ClFN4S/c1-2-5-19-12(7-16)17-18-13(19)20-8-9-3-4-10(14)6-11(9)15/h3-4,6H,2,5,7-8,16H2,1H3. The van der Waals surface area contributed by atoms with Crippen molar-refractivity contribution in [3.63, 3.8) is 0 Å². The Labute approximate surface area is 126 Å². The molecule has 2 N–H and O–H groups in total. The number of hydrogen-bond donors (Lipinski definition) is 1. The van der Waals surface area contributed by atoms with Gasteiger partial charge in [0.1, 0.15) is 11.6 Å². The zero-order valence-electron chi connectivity index (χ0n) is 11.1. The summed E-state index contributed by atoms with van der Waals surface area (Å²) >= 11 is 7.18. The first-order valence-corrected chi connectivity index (χ1v) is 7.71. The Kier molecular flexibility index (Phi) is 5.39. The summed E-state index contributed by atoms with van der Waals surface area (Å²) in [5.74, 6) is 0.937. The minimum absolute atomic E-state index is 0.300. The number of rotatable bonds is 6. The molecule has 0 saturated carbocycles. The number of hydrogen-bond acceptors (Lipinski definition) is 4. The molecule has 2 rings (SSSR count). The molecule has 0 fully saturated rings. The smallest absolute Gasteiger partial charge is 0.191 e. The Hall–Kier alpha value is -1.11. The predicted octanol–water partition coefficient (Wildman–Crippen LogP) is 3.23. The Morgan fingerprint density at radius 2 is 2.20 bits per heavy atom. The third kappa shape index (κ3) is 3.50. The lowest BCUT2D eigenvalue weighted by Crippen LogP contribution is -2.09. The van der Waals surface area contributed by atoms with Crippen molar-refractivity contribution in [2.24, 2.45) is 5.73 Å². The van der Waals surface area contributed by atoms with Gasteiger partial charge >= 0.3 is 0 Å². The third-order valence-electron chi connectivity index (χ3n) is 2.80. The molecule has 1 aromatic heterocycles. The molecule has 1 heterocycles. The van der Waals surface area contributed by atoms with Crippen LogP contribution in [0, 0.1) is 5.82 Å². The van der Waals surface area contributed by atoms with Crippen LogP contribution in [0.4, 0.5) is 4.39 Å². The van der Waals surface area contributed by atoms with Crippen molar-refractivity contribution in [2.75, 3.05) is 0 Å². The summed E-state index contributed by atoms with van der Waals surface area (Å²) in [6, 6.07) is 4.69. The average Bonchev–Trinajstić information content (AvgIpc) is 2.81. The van der Waals surface area contributed by atoms with Crippen LogP contribution in [-0.2, 0) is 18.8 Å². The number of thioether (sulfide) groups is 1. The summed E-state index contributed by atoms with van der Waals surface area (Å²) in [4.78, 5) is 0. The number of halogens is 2. The Bertz CT molecular complexity index is 588. The maximum absolute atomic E-state index is 13.7. The first-order valence-electron chi connectivity index (χ1n) is 6.34. The van der Waals surface area contributed by atoms with Crippen LogP contribution < -0.4 is 5.73 Å². The fourth-order valence-electron chi connectivity index (χ4n) is 1.81. The fraction of sp³-hybridized carbons (Fsp3) is 0.385. The SMILES string of the molecule is CCCn1c(CN)nnc1SCc1ccc(Cl)cc1F. The van der Waals surface area contributed by atoms with E-state index in [4.69, 9.17) is 17.3 Å². The summed E-state index contributed by atoms with van der Waals surface area (Å²) in [5, 5.41) is 9.33. The molecule has 0 unspecified atom stereocenters. The minimum atomic E-state index is -0.300. The third-order valence-corrected chi connectivity index (χ3v) is 4.05. The van der Waals surface area contributed by atoms with Crippen LogP contribution in [0.5, 0.6) is 0 Å². The molecular weight excluding hydrogens is 299 g/mol. The van der Waals surface area contributed by atoms with Crippen LogP contribution >= 0.6 is 23.4 Å².